The summed E-state index contributed by atoms with van der Waals surface area (Å²) >= 11 is 4.93. The number of hydrogen-bond acceptors (Lipinski definition) is 4. The van der Waals surface area contributed by atoms with Gasteiger partial charge in [-0.05, 0) is 25.1 Å². The molecule has 0 saturated heterocycles. The fourth-order valence-corrected chi connectivity index (χ4v) is 2.04. The number of anilines is 1. The molecule has 0 aliphatic heterocycles. The molecular formula is C10H13N3OS. The first-order chi connectivity index (χ1) is 7.29. The molecule has 1 aliphatic rings. The SMILES string of the molecule is O=Cc1cnc(=S)[nH]c1NC1CCCC1. The maximum Gasteiger partial charge on any atom is 0.198 e. The Kier molecular flexibility index (Phi) is 3.11. The molecule has 1 aromatic heterocycles. The summed E-state index contributed by atoms with van der Waals surface area (Å²) in [5.41, 5.74) is 0.537. The highest BCUT2D eigenvalue weighted by Crippen LogP contribution is 2.22. The molecule has 1 aromatic rings. The lowest BCUT2D eigenvalue weighted by atomic mass is 10.2. The molecule has 5 heteroatoms. The van der Waals surface area contributed by atoms with Crippen LogP contribution in [-0.2, 0) is 0 Å². The van der Waals surface area contributed by atoms with Crippen LogP contribution in [0.15, 0.2) is 6.20 Å². The number of aldehydes is 1. The molecule has 1 heterocycles. The van der Waals surface area contributed by atoms with Gasteiger partial charge in [-0.3, -0.25) is 4.79 Å². The molecule has 1 aliphatic carbocycles. The molecular weight excluding hydrogens is 210 g/mol. The van der Waals surface area contributed by atoms with E-state index < -0.39 is 0 Å². The predicted molar refractivity (Wildman–Crippen MR) is 60.7 cm³/mol. The quantitative estimate of drug-likeness (QED) is 0.610. The molecule has 0 radical (unpaired) electrons. The summed E-state index contributed by atoms with van der Waals surface area (Å²) in [7, 11) is 0. The summed E-state index contributed by atoms with van der Waals surface area (Å²) in [5, 5.41) is 3.31. The molecule has 1 saturated carbocycles. The number of carbonyl (C=O) groups excluding carboxylic acids is 1. The van der Waals surface area contributed by atoms with Crippen molar-refractivity contribution in [1.82, 2.24) is 9.97 Å². The second kappa shape index (κ2) is 4.53. The first-order valence-corrected chi connectivity index (χ1v) is 5.51. The highest BCUT2D eigenvalue weighted by Gasteiger charge is 2.16. The molecule has 2 rings (SSSR count). The number of aromatic nitrogens is 2. The van der Waals surface area contributed by atoms with Crippen molar-refractivity contribution in [2.45, 2.75) is 31.7 Å². The molecule has 0 spiro atoms. The van der Waals surface area contributed by atoms with Crippen LogP contribution in [0, 0.1) is 4.77 Å². The minimum atomic E-state index is 0.404. The highest BCUT2D eigenvalue weighted by molar-refractivity contribution is 7.71. The second-order valence-electron chi connectivity index (χ2n) is 3.76. The first kappa shape index (κ1) is 10.3. The van der Waals surface area contributed by atoms with Crippen LogP contribution in [0.2, 0.25) is 0 Å². The Morgan fingerprint density at radius 2 is 2.27 bits per heavy atom. The number of aromatic amines is 1. The van der Waals surface area contributed by atoms with Gasteiger partial charge < -0.3 is 10.3 Å². The Morgan fingerprint density at radius 3 is 2.93 bits per heavy atom. The number of nitrogens with one attached hydrogen (secondary N) is 2. The molecule has 0 aromatic carbocycles. The molecule has 1 fully saturated rings. The molecule has 0 bridgehead atoms. The van der Waals surface area contributed by atoms with E-state index in [9.17, 15) is 4.79 Å². The van der Waals surface area contributed by atoms with Gasteiger partial charge in [-0.25, -0.2) is 4.98 Å². The average Bonchev–Trinajstić information content (AvgIpc) is 2.71. The smallest absolute Gasteiger partial charge is 0.198 e. The van der Waals surface area contributed by atoms with Gasteiger partial charge >= 0.3 is 0 Å². The summed E-state index contributed by atoms with van der Waals surface area (Å²) in [5.74, 6) is 0.705. The van der Waals surface area contributed by atoms with Gasteiger partial charge in [0.15, 0.2) is 11.1 Å². The van der Waals surface area contributed by atoms with Crippen LogP contribution in [0.25, 0.3) is 0 Å². The van der Waals surface area contributed by atoms with Crippen molar-refractivity contribution in [2.75, 3.05) is 5.32 Å². The minimum absolute atomic E-state index is 0.404. The van der Waals surface area contributed by atoms with E-state index in [1.54, 1.807) is 0 Å². The third-order valence-electron chi connectivity index (χ3n) is 2.67. The van der Waals surface area contributed by atoms with E-state index in [0.717, 1.165) is 19.1 Å². The topological polar surface area (TPSA) is 57.8 Å². The Labute approximate surface area is 93.1 Å². The van der Waals surface area contributed by atoms with Gasteiger partial charge in [0.2, 0.25) is 0 Å². The summed E-state index contributed by atoms with van der Waals surface area (Å²) in [6, 6.07) is 0.455. The molecule has 80 valence electrons. The van der Waals surface area contributed by atoms with Crippen LogP contribution < -0.4 is 5.32 Å². The van der Waals surface area contributed by atoms with Crippen molar-refractivity contribution in [3.8, 4) is 0 Å². The van der Waals surface area contributed by atoms with Crippen molar-refractivity contribution in [3.05, 3.63) is 16.5 Å². The zero-order chi connectivity index (χ0) is 10.7. The van der Waals surface area contributed by atoms with Crippen LogP contribution in [0.4, 0.5) is 5.82 Å². The van der Waals surface area contributed by atoms with Crippen LogP contribution >= 0.6 is 12.2 Å². The third-order valence-corrected chi connectivity index (χ3v) is 2.88. The van der Waals surface area contributed by atoms with Gasteiger partial charge in [0, 0.05) is 12.2 Å². The Bertz CT molecular complexity index is 409. The fourth-order valence-electron chi connectivity index (χ4n) is 1.89. The van der Waals surface area contributed by atoms with E-state index in [1.807, 2.05) is 0 Å². The third kappa shape index (κ3) is 2.41. The molecule has 0 unspecified atom stereocenters. The standard InChI is InChI=1S/C10H13N3OS/c14-6-7-5-11-10(15)13-9(7)12-8-3-1-2-4-8/h5-6,8H,1-4H2,(H2,11,12,13,15). The number of H-pyrrole nitrogens is 1. The largest absolute Gasteiger partial charge is 0.368 e. The Morgan fingerprint density at radius 1 is 1.53 bits per heavy atom. The zero-order valence-electron chi connectivity index (χ0n) is 8.32. The van der Waals surface area contributed by atoms with E-state index in [-0.39, 0.29) is 0 Å². The molecule has 4 nitrogen and oxygen atoms in total. The van der Waals surface area contributed by atoms with Crippen molar-refractivity contribution in [3.63, 3.8) is 0 Å². The van der Waals surface area contributed by atoms with E-state index >= 15 is 0 Å². The van der Waals surface area contributed by atoms with Gasteiger partial charge in [-0.1, -0.05) is 12.8 Å². The van der Waals surface area contributed by atoms with Gasteiger partial charge in [0.1, 0.15) is 5.82 Å². The Balaban J connectivity index is 2.21. The van der Waals surface area contributed by atoms with Crippen LogP contribution in [0.3, 0.4) is 0 Å². The van der Waals surface area contributed by atoms with E-state index in [4.69, 9.17) is 12.2 Å². The van der Waals surface area contributed by atoms with Crippen LogP contribution in [0.1, 0.15) is 36.0 Å². The maximum absolute atomic E-state index is 10.8. The lowest BCUT2D eigenvalue weighted by Gasteiger charge is -2.14. The monoisotopic (exact) mass is 223 g/mol. The number of rotatable bonds is 3. The predicted octanol–water partition coefficient (Wildman–Crippen LogP) is 2.31. The minimum Gasteiger partial charge on any atom is -0.368 e. The van der Waals surface area contributed by atoms with E-state index in [1.165, 1.54) is 19.0 Å². The molecule has 0 amide bonds. The molecule has 2 N–H and O–H groups in total. The normalized spacial score (nSPS) is 16.5. The summed E-state index contributed by atoms with van der Waals surface area (Å²) < 4.78 is 0.404. The van der Waals surface area contributed by atoms with Crippen molar-refractivity contribution >= 4 is 24.3 Å². The lowest BCUT2D eigenvalue weighted by Crippen LogP contribution is -2.17. The van der Waals surface area contributed by atoms with Gasteiger partial charge in [0.05, 0.1) is 5.56 Å². The Hall–Kier alpha value is -1.23. The lowest BCUT2D eigenvalue weighted by molar-refractivity contribution is 0.112. The van der Waals surface area contributed by atoms with E-state index in [2.05, 4.69) is 15.3 Å². The highest BCUT2D eigenvalue weighted by atomic mass is 32.1. The van der Waals surface area contributed by atoms with Gasteiger partial charge in [-0.2, -0.15) is 0 Å². The fraction of sp³-hybridized carbons (Fsp3) is 0.500. The zero-order valence-corrected chi connectivity index (χ0v) is 9.14. The van der Waals surface area contributed by atoms with Gasteiger partial charge in [-0.15, -0.1) is 0 Å². The average molecular weight is 223 g/mol. The number of hydrogen-bond donors (Lipinski definition) is 2. The van der Waals surface area contributed by atoms with Crippen molar-refractivity contribution < 1.29 is 4.79 Å². The van der Waals surface area contributed by atoms with Gasteiger partial charge in [0.25, 0.3) is 0 Å². The maximum atomic E-state index is 10.8. The van der Waals surface area contributed by atoms with Crippen molar-refractivity contribution in [2.24, 2.45) is 0 Å². The summed E-state index contributed by atoms with van der Waals surface area (Å²) in [6.45, 7) is 0. The number of carbonyl (C=O) groups is 1. The summed E-state index contributed by atoms with van der Waals surface area (Å²) in [6.07, 6.45) is 7.10. The first-order valence-electron chi connectivity index (χ1n) is 5.10. The molecule has 0 atom stereocenters. The van der Waals surface area contributed by atoms with Crippen LogP contribution in [-0.4, -0.2) is 22.3 Å². The molecule has 15 heavy (non-hydrogen) atoms. The summed E-state index contributed by atoms with van der Waals surface area (Å²) in [4.78, 5) is 17.6. The second-order valence-corrected chi connectivity index (χ2v) is 4.15. The van der Waals surface area contributed by atoms with E-state index in [0.29, 0.717) is 22.2 Å². The van der Waals surface area contributed by atoms with Crippen molar-refractivity contribution in [1.29, 1.82) is 0 Å². The van der Waals surface area contributed by atoms with Crippen LogP contribution in [0.5, 0.6) is 0 Å². The number of nitrogens with zero attached hydrogens (tertiary/aromatic N) is 1.